The highest BCUT2D eigenvalue weighted by atomic mass is 16.6. The van der Waals surface area contributed by atoms with Crippen molar-refractivity contribution in [2.24, 2.45) is 10.7 Å². The minimum absolute atomic E-state index is 0.293. The van der Waals surface area contributed by atoms with Crippen LogP contribution >= 0.6 is 0 Å². The lowest BCUT2D eigenvalue weighted by atomic mass is 9.94. The highest BCUT2D eigenvalue weighted by Gasteiger charge is 2.55. The van der Waals surface area contributed by atoms with E-state index in [9.17, 15) is 15.3 Å². The fourth-order valence-electron chi connectivity index (χ4n) is 2.74. The zero-order valence-electron chi connectivity index (χ0n) is 11.8. The van der Waals surface area contributed by atoms with Crippen LogP contribution in [0.1, 0.15) is 25.8 Å². The molecule has 0 saturated carbocycles. The lowest BCUT2D eigenvalue weighted by molar-refractivity contribution is -0.0995. The van der Waals surface area contributed by atoms with E-state index in [4.69, 9.17) is 10.5 Å². The Morgan fingerprint density at radius 1 is 1.62 bits per heavy atom. The molecule has 116 valence electrons. The van der Waals surface area contributed by atoms with E-state index in [1.165, 1.54) is 20.2 Å². The molecule has 0 unspecified atom stereocenters. The molecule has 0 aromatic carbocycles. The number of hydrogen-bond acceptors (Lipinski definition) is 8. The molecule has 9 nitrogen and oxygen atoms in total. The van der Waals surface area contributed by atoms with Crippen molar-refractivity contribution in [1.82, 2.24) is 9.55 Å². The van der Waals surface area contributed by atoms with Crippen molar-refractivity contribution in [1.29, 1.82) is 0 Å². The Bertz CT molecular complexity index is 582. The average molecular weight is 297 g/mol. The van der Waals surface area contributed by atoms with Crippen LogP contribution in [0.4, 0.5) is 5.82 Å². The molecule has 0 bridgehead atoms. The molecule has 1 aromatic heterocycles. The zero-order valence-corrected chi connectivity index (χ0v) is 11.8. The fraction of sp³-hybridized carbons (Fsp3) is 0.667. The van der Waals surface area contributed by atoms with Crippen LogP contribution in [0, 0.1) is 0 Å². The third-order valence-electron chi connectivity index (χ3n) is 3.96. The number of nitrogens with two attached hydrogens (primary N) is 1. The van der Waals surface area contributed by atoms with Gasteiger partial charge in [0, 0.05) is 0 Å². The summed E-state index contributed by atoms with van der Waals surface area (Å²) in [4.78, 5) is 8.17. The molecule has 5 atom stereocenters. The number of rotatable bonds is 2. The van der Waals surface area contributed by atoms with Crippen LogP contribution in [0.5, 0.6) is 0 Å². The van der Waals surface area contributed by atoms with Gasteiger partial charge in [-0.15, -0.1) is 0 Å². The summed E-state index contributed by atoms with van der Waals surface area (Å²) in [5.41, 5.74) is 4.66. The van der Waals surface area contributed by atoms with Crippen molar-refractivity contribution in [3.8, 4) is 0 Å². The van der Waals surface area contributed by atoms with Gasteiger partial charge in [0.05, 0.1) is 12.4 Å². The molecular formula is C12H19N5O4. The van der Waals surface area contributed by atoms with Crippen LogP contribution in [-0.2, 0) is 4.74 Å². The molecule has 1 fully saturated rings. The molecule has 3 heterocycles. The molecule has 2 aliphatic rings. The quantitative estimate of drug-likeness (QED) is 0.441. The summed E-state index contributed by atoms with van der Waals surface area (Å²) >= 11 is 0. The highest BCUT2D eigenvalue weighted by molar-refractivity contribution is 6.01. The number of aliphatic hydroxyl groups is 3. The summed E-state index contributed by atoms with van der Waals surface area (Å²) in [6.07, 6.45) is -2.48. The number of nitrogens with zero attached hydrogens (tertiary/aromatic N) is 3. The minimum Gasteiger partial charge on any atom is -0.391 e. The maximum atomic E-state index is 10.6. The van der Waals surface area contributed by atoms with Gasteiger partial charge in [0.25, 0.3) is 0 Å². The van der Waals surface area contributed by atoms with Gasteiger partial charge in [-0.25, -0.2) is 9.98 Å². The van der Waals surface area contributed by atoms with Crippen molar-refractivity contribution >= 4 is 11.7 Å². The number of aromatic nitrogens is 2. The molecular weight excluding hydrogens is 278 g/mol. The normalized spacial score (nSPS) is 36.8. The second kappa shape index (κ2) is 4.67. The molecule has 1 saturated heterocycles. The predicted octanol–water partition coefficient (Wildman–Crippen LogP) is -1.64. The Kier molecular flexibility index (Phi) is 3.17. The van der Waals surface area contributed by atoms with E-state index < -0.39 is 30.1 Å². The monoisotopic (exact) mass is 297 g/mol. The highest BCUT2D eigenvalue weighted by Crippen LogP contribution is 2.41. The Morgan fingerprint density at radius 2 is 2.33 bits per heavy atom. The molecule has 21 heavy (non-hydrogen) atoms. The molecule has 0 amide bonds. The summed E-state index contributed by atoms with van der Waals surface area (Å²) in [5, 5.41) is 33.4. The summed E-state index contributed by atoms with van der Waals surface area (Å²) < 4.78 is 7.21. The number of hydrogen-bond donors (Lipinski definition) is 5. The van der Waals surface area contributed by atoms with Crippen LogP contribution in [0.3, 0.4) is 0 Å². The Labute approximate surface area is 121 Å². The standard InChI is InChI=1S/C12H19N5O4/c1-5(18)7-8(19)12(2,20)11(21-7)17-4-16-6-9(13)14-3-15-10(6)17/h4-5,7-8,11,15,18-20H,3H2,1-2H3,(H2,13,14)/t5-,7+,8+,11+,12+/m0/s1. The van der Waals surface area contributed by atoms with Gasteiger partial charge < -0.3 is 31.1 Å². The molecule has 0 spiro atoms. The number of aliphatic hydroxyl groups excluding tert-OH is 2. The van der Waals surface area contributed by atoms with Gasteiger partial charge in [-0.1, -0.05) is 0 Å². The van der Waals surface area contributed by atoms with Gasteiger partial charge >= 0.3 is 0 Å². The van der Waals surface area contributed by atoms with Crippen molar-refractivity contribution < 1.29 is 20.1 Å². The molecule has 9 heteroatoms. The van der Waals surface area contributed by atoms with Crippen LogP contribution in [-0.4, -0.2) is 61.3 Å². The van der Waals surface area contributed by atoms with Crippen molar-refractivity contribution in [2.45, 2.75) is 44.0 Å². The van der Waals surface area contributed by atoms with Gasteiger partial charge in [0.15, 0.2) is 6.23 Å². The van der Waals surface area contributed by atoms with E-state index in [1.807, 2.05) is 0 Å². The zero-order chi connectivity index (χ0) is 15.4. The number of ether oxygens (including phenoxy) is 1. The third-order valence-corrected chi connectivity index (χ3v) is 3.96. The van der Waals surface area contributed by atoms with Crippen LogP contribution in [0.2, 0.25) is 0 Å². The van der Waals surface area contributed by atoms with E-state index >= 15 is 0 Å². The van der Waals surface area contributed by atoms with Gasteiger partial charge in [-0.2, -0.15) is 0 Å². The number of aliphatic imine (C=N–C) groups is 1. The topological polar surface area (TPSA) is 138 Å². The first-order valence-corrected chi connectivity index (χ1v) is 6.69. The minimum atomic E-state index is -1.58. The second-order valence-corrected chi connectivity index (χ2v) is 5.59. The Hall–Kier alpha value is -1.68. The number of amidine groups is 1. The van der Waals surface area contributed by atoms with E-state index in [0.717, 1.165) is 0 Å². The number of fused-ring (bicyclic) bond motifs is 1. The summed E-state index contributed by atoms with van der Waals surface area (Å²) in [7, 11) is 0. The Morgan fingerprint density at radius 3 is 2.95 bits per heavy atom. The molecule has 1 aromatic rings. The second-order valence-electron chi connectivity index (χ2n) is 5.59. The average Bonchev–Trinajstić information content (AvgIpc) is 2.92. The first-order valence-electron chi connectivity index (χ1n) is 6.69. The van der Waals surface area contributed by atoms with Crippen LogP contribution in [0.25, 0.3) is 0 Å². The molecule has 0 radical (unpaired) electrons. The predicted molar refractivity (Wildman–Crippen MR) is 73.7 cm³/mol. The van der Waals surface area contributed by atoms with E-state index in [0.29, 0.717) is 24.0 Å². The van der Waals surface area contributed by atoms with Crippen molar-refractivity contribution in [2.75, 3.05) is 12.0 Å². The van der Waals surface area contributed by atoms with Crippen LogP contribution < -0.4 is 11.1 Å². The smallest absolute Gasteiger partial charge is 0.168 e. The largest absolute Gasteiger partial charge is 0.391 e. The SMILES string of the molecule is C[C@H](O)[C@H]1O[C@@H](n2cnc3c2NCN=C3N)[C@](C)(O)[C@@H]1O. The molecule has 6 N–H and O–H groups in total. The fourth-order valence-corrected chi connectivity index (χ4v) is 2.74. The van der Waals surface area contributed by atoms with Crippen LogP contribution in [0.15, 0.2) is 11.3 Å². The maximum Gasteiger partial charge on any atom is 0.168 e. The lowest BCUT2D eigenvalue weighted by Gasteiger charge is -2.29. The summed E-state index contributed by atoms with van der Waals surface area (Å²) in [6, 6.07) is 0. The third kappa shape index (κ3) is 2.01. The first kappa shape index (κ1) is 14.3. The number of nitrogens with one attached hydrogen (secondary N) is 1. The van der Waals surface area contributed by atoms with Gasteiger partial charge in [0.1, 0.15) is 41.8 Å². The molecule has 0 aliphatic carbocycles. The number of imidazole rings is 1. The molecule has 3 rings (SSSR count). The van der Waals surface area contributed by atoms with Gasteiger partial charge in [-0.05, 0) is 13.8 Å². The van der Waals surface area contributed by atoms with Crippen molar-refractivity contribution in [3.05, 3.63) is 12.0 Å². The van der Waals surface area contributed by atoms with E-state index in [2.05, 4.69) is 15.3 Å². The van der Waals surface area contributed by atoms with Gasteiger partial charge in [0.2, 0.25) is 0 Å². The maximum absolute atomic E-state index is 10.6. The summed E-state index contributed by atoms with van der Waals surface area (Å²) in [5.74, 6) is 0.860. The number of anilines is 1. The van der Waals surface area contributed by atoms with Gasteiger partial charge in [-0.3, -0.25) is 4.57 Å². The Balaban J connectivity index is 2.00. The van der Waals surface area contributed by atoms with E-state index in [-0.39, 0.29) is 0 Å². The lowest BCUT2D eigenvalue weighted by Crippen LogP contribution is -2.45. The molecule has 2 aliphatic heterocycles. The summed E-state index contributed by atoms with van der Waals surface area (Å²) in [6.45, 7) is 3.25. The van der Waals surface area contributed by atoms with E-state index in [1.54, 1.807) is 4.57 Å². The van der Waals surface area contributed by atoms with Crippen molar-refractivity contribution in [3.63, 3.8) is 0 Å². The first-order chi connectivity index (χ1) is 9.84.